The third-order valence-electron chi connectivity index (χ3n) is 3.07. The molecule has 0 aliphatic rings. The minimum Gasteiger partial charge on any atom is -0.493 e. The fraction of sp³-hybridized carbons (Fsp3) is 0.438. The molecular formula is C16H22N2O2. The SMILES string of the molecule is CCNC(C)/C(C)=C/c1ccc(OCC#N)c(OC)c1. The van der Waals surface area contributed by atoms with E-state index < -0.39 is 0 Å². The van der Waals surface area contributed by atoms with Crippen LogP contribution in [0.2, 0.25) is 0 Å². The lowest BCUT2D eigenvalue weighted by atomic mass is 10.1. The zero-order chi connectivity index (χ0) is 15.0. The first-order valence-corrected chi connectivity index (χ1v) is 6.71. The van der Waals surface area contributed by atoms with Gasteiger partial charge in [0.2, 0.25) is 0 Å². The van der Waals surface area contributed by atoms with Crippen molar-refractivity contribution in [2.24, 2.45) is 0 Å². The maximum Gasteiger partial charge on any atom is 0.174 e. The Morgan fingerprint density at radius 3 is 2.80 bits per heavy atom. The fourth-order valence-electron chi connectivity index (χ4n) is 1.86. The number of hydrogen-bond acceptors (Lipinski definition) is 4. The lowest BCUT2D eigenvalue weighted by Gasteiger charge is -2.14. The maximum atomic E-state index is 8.54. The van der Waals surface area contributed by atoms with E-state index in [1.165, 1.54) is 5.57 Å². The Balaban J connectivity index is 2.92. The molecule has 1 rings (SSSR count). The molecule has 0 amide bonds. The van der Waals surface area contributed by atoms with Crippen LogP contribution in [0.25, 0.3) is 6.08 Å². The summed E-state index contributed by atoms with van der Waals surface area (Å²) in [5, 5.41) is 11.9. The first-order chi connectivity index (χ1) is 9.62. The van der Waals surface area contributed by atoms with E-state index >= 15 is 0 Å². The highest BCUT2D eigenvalue weighted by Gasteiger charge is 2.06. The van der Waals surface area contributed by atoms with Crippen LogP contribution in [0.4, 0.5) is 0 Å². The number of methoxy groups -OCH3 is 1. The van der Waals surface area contributed by atoms with Crippen molar-refractivity contribution in [2.45, 2.75) is 26.8 Å². The van der Waals surface area contributed by atoms with Crippen LogP contribution in [0.3, 0.4) is 0 Å². The van der Waals surface area contributed by atoms with E-state index in [0.29, 0.717) is 17.5 Å². The molecule has 1 aromatic rings. The predicted molar refractivity (Wildman–Crippen MR) is 80.9 cm³/mol. The Bertz CT molecular complexity index is 504. The Kier molecular flexibility index (Phi) is 6.61. The smallest absolute Gasteiger partial charge is 0.174 e. The lowest BCUT2D eigenvalue weighted by Crippen LogP contribution is -2.26. The molecule has 4 nitrogen and oxygen atoms in total. The molecule has 0 radical (unpaired) electrons. The average Bonchev–Trinajstić information content (AvgIpc) is 2.45. The van der Waals surface area contributed by atoms with Crippen molar-refractivity contribution < 1.29 is 9.47 Å². The molecular weight excluding hydrogens is 252 g/mol. The van der Waals surface area contributed by atoms with Gasteiger partial charge in [-0.1, -0.05) is 24.6 Å². The highest BCUT2D eigenvalue weighted by Crippen LogP contribution is 2.29. The van der Waals surface area contributed by atoms with Crippen molar-refractivity contribution in [3.8, 4) is 17.6 Å². The summed E-state index contributed by atoms with van der Waals surface area (Å²) in [4.78, 5) is 0. The Hall–Kier alpha value is -1.99. The van der Waals surface area contributed by atoms with Crippen molar-refractivity contribution in [3.63, 3.8) is 0 Å². The third-order valence-corrected chi connectivity index (χ3v) is 3.07. The minimum absolute atomic E-state index is 0.0159. The first kappa shape index (κ1) is 16.1. The molecule has 108 valence electrons. The normalized spacial score (nSPS) is 12.7. The lowest BCUT2D eigenvalue weighted by molar-refractivity contribution is 0.329. The van der Waals surface area contributed by atoms with Crippen molar-refractivity contribution in [3.05, 3.63) is 29.3 Å². The predicted octanol–water partition coefficient (Wildman–Crippen LogP) is 3.00. The van der Waals surface area contributed by atoms with Crippen LogP contribution >= 0.6 is 0 Å². The summed E-state index contributed by atoms with van der Waals surface area (Å²) in [5.41, 5.74) is 2.30. The Morgan fingerprint density at radius 1 is 1.45 bits per heavy atom. The van der Waals surface area contributed by atoms with Gasteiger partial charge in [-0.15, -0.1) is 0 Å². The second kappa shape index (κ2) is 8.23. The van der Waals surface area contributed by atoms with Gasteiger partial charge in [0, 0.05) is 6.04 Å². The van der Waals surface area contributed by atoms with Crippen LogP contribution in [-0.4, -0.2) is 26.3 Å². The quantitative estimate of drug-likeness (QED) is 0.830. The molecule has 0 aromatic heterocycles. The van der Waals surface area contributed by atoms with E-state index in [0.717, 1.165) is 12.1 Å². The van der Waals surface area contributed by atoms with Gasteiger partial charge in [-0.3, -0.25) is 0 Å². The molecule has 1 aromatic carbocycles. The average molecular weight is 274 g/mol. The molecule has 0 saturated carbocycles. The zero-order valence-corrected chi connectivity index (χ0v) is 12.6. The van der Waals surface area contributed by atoms with Gasteiger partial charge in [-0.05, 0) is 38.1 Å². The van der Waals surface area contributed by atoms with Gasteiger partial charge < -0.3 is 14.8 Å². The summed E-state index contributed by atoms with van der Waals surface area (Å²) in [6.07, 6.45) is 2.11. The molecule has 0 bridgehead atoms. The molecule has 0 heterocycles. The van der Waals surface area contributed by atoms with Crippen molar-refractivity contribution in [2.75, 3.05) is 20.3 Å². The molecule has 0 saturated heterocycles. The summed E-state index contributed by atoms with van der Waals surface area (Å²) in [7, 11) is 1.59. The van der Waals surface area contributed by atoms with Crippen LogP contribution in [-0.2, 0) is 0 Å². The van der Waals surface area contributed by atoms with Crippen LogP contribution in [0.5, 0.6) is 11.5 Å². The summed E-state index contributed by atoms with van der Waals surface area (Å²) in [6.45, 7) is 7.28. The highest BCUT2D eigenvalue weighted by atomic mass is 16.5. The van der Waals surface area contributed by atoms with Crippen molar-refractivity contribution in [1.82, 2.24) is 5.32 Å². The third kappa shape index (κ3) is 4.60. The van der Waals surface area contributed by atoms with E-state index in [1.807, 2.05) is 24.3 Å². The summed E-state index contributed by atoms with van der Waals surface area (Å²) < 4.78 is 10.6. The molecule has 0 aliphatic carbocycles. The van der Waals surface area contributed by atoms with Gasteiger partial charge in [-0.25, -0.2) is 0 Å². The molecule has 1 atom stereocenters. The number of nitriles is 1. The van der Waals surface area contributed by atoms with Gasteiger partial charge in [0.05, 0.1) is 7.11 Å². The number of nitrogens with one attached hydrogen (secondary N) is 1. The van der Waals surface area contributed by atoms with Gasteiger partial charge in [-0.2, -0.15) is 5.26 Å². The van der Waals surface area contributed by atoms with E-state index in [2.05, 4.69) is 32.2 Å². The summed E-state index contributed by atoms with van der Waals surface area (Å²) >= 11 is 0. The van der Waals surface area contributed by atoms with Gasteiger partial charge in [0.15, 0.2) is 18.1 Å². The van der Waals surface area contributed by atoms with Crippen LogP contribution in [0.15, 0.2) is 23.8 Å². The largest absolute Gasteiger partial charge is 0.493 e. The van der Waals surface area contributed by atoms with E-state index in [1.54, 1.807) is 7.11 Å². The zero-order valence-electron chi connectivity index (χ0n) is 12.6. The number of hydrogen-bond donors (Lipinski definition) is 1. The van der Waals surface area contributed by atoms with Gasteiger partial charge >= 0.3 is 0 Å². The van der Waals surface area contributed by atoms with E-state index in [4.69, 9.17) is 14.7 Å². The second-order valence-corrected chi connectivity index (χ2v) is 4.52. The molecule has 1 unspecified atom stereocenters. The maximum absolute atomic E-state index is 8.54. The molecule has 0 spiro atoms. The first-order valence-electron chi connectivity index (χ1n) is 6.71. The molecule has 0 aliphatic heterocycles. The van der Waals surface area contributed by atoms with E-state index in [-0.39, 0.29) is 6.61 Å². The second-order valence-electron chi connectivity index (χ2n) is 4.52. The summed E-state index contributed by atoms with van der Waals surface area (Å²) in [5.74, 6) is 1.22. The molecule has 0 fully saturated rings. The fourth-order valence-corrected chi connectivity index (χ4v) is 1.86. The minimum atomic E-state index is 0.0159. The summed E-state index contributed by atoms with van der Waals surface area (Å²) in [6, 6.07) is 7.97. The number of nitrogens with zero attached hydrogens (tertiary/aromatic N) is 1. The van der Waals surface area contributed by atoms with Gasteiger partial charge in [0.1, 0.15) is 6.07 Å². The van der Waals surface area contributed by atoms with Gasteiger partial charge in [0.25, 0.3) is 0 Å². The highest BCUT2D eigenvalue weighted by molar-refractivity contribution is 5.58. The van der Waals surface area contributed by atoms with Crippen LogP contribution in [0, 0.1) is 11.3 Å². The molecule has 4 heteroatoms. The van der Waals surface area contributed by atoms with Crippen molar-refractivity contribution in [1.29, 1.82) is 5.26 Å². The number of rotatable bonds is 7. The van der Waals surface area contributed by atoms with Crippen molar-refractivity contribution >= 4 is 6.08 Å². The molecule has 1 N–H and O–H groups in total. The standard InChI is InChI=1S/C16H22N2O2/c1-5-18-13(3)12(2)10-14-6-7-15(20-9-8-17)16(11-14)19-4/h6-7,10-11,13,18H,5,9H2,1-4H3/b12-10+. The number of ether oxygens (including phenoxy) is 2. The topological polar surface area (TPSA) is 54.3 Å². The number of likely N-dealkylation sites (N-methyl/N-ethyl adjacent to an activating group) is 1. The Morgan fingerprint density at radius 2 is 2.20 bits per heavy atom. The molecule has 20 heavy (non-hydrogen) atoms. The Labute approximate surface area is 121 Å². The monoisotopic (exact) mass is 274 g/mol. The number of benzene rings is 1. The van der Waals surface area contributed by atoms with Crippen LogP contribution < -0.4 is 14.8 Å². The van der Waals surface area contributed by atoms with Crippen LogP contribution in [0.1, 0.15) is 26.3 Å². The van der Waals surface area contributed by atoms with E-state index in [9.17, 15) is 0 Å².